The summed E-state index contributed by atoms with van der Waals surface area (Å²) >= 11 is 12.3. The van der Waals surface area contributed by atoms with Crippen LogP contribution < -0.4 is 11.1 Å². The van der Waals surface area contributed by atoms with Crippen molar-refractivity contribution in [3.05, 3.63) is 81.8 Å². The lowest BCUT2D eigenvalue weighted by Crippen LogP contribution is -2.47. The number of hydrogen-bond donors (Lipinski definition) is 2. The second-order valence-electron chi connectivity index (χ2n) is 10.5. The van der Waals surface area contributed by atoms with Crippen molar-refractivity contribution in [2.24, 2.45) is 5.92 Å². The van der Waals surface area contributed by atoms with Crippen molar-refractivity contribution in [3.8, 4) is 11.1 Å². The van der Waals surface area contributed by atoms with E-state index in [0.717, 1.165) is 42.6 Å². The van der Waals surface area contributed by atoms with Crippen LogP contribution in [0.25, 0.3) is 11.1 Å². The zero-order valence-electron chi connectivity index (χ0n) is 22.4. The monoisotopic (exact) mass is 600 g/mol. The van der Waals surface area contributed by atoms with Crippen LogP contribution in [0.5, 0.6) is 0 Å². The molecule has 1 amide bonds. The number of benzene rings is 3. The van der Waals surface area contributed by atoms with E-state index in [-0.39, 0.29) is 30.2 Å². The maximum atomic E-state index is 13.2. The molecule has 0 spiro atoms. The lowest BCUT2D eigenvalue weighted by atomic mass is 9.79. The van der Waals surface area contributed by atoms with E-state index in [1.54, 1.807) is 29.4 Å². The smallest absolute Gasteiger partial charge is 0.238 e. The number of hydrogen-bond acceptors (Lipinski definition) is 5. The summed E-state index contributed by atoms with van der Waals surface area (Å²) in [6, 6.07) is 19.4. The van der Waals surface area contributed by atoms with Crippen LogP contribution in [0.2, 0.25) is 10.0 Å². The summed E-state index contributed by atoms with van der Waals surface area (Å²) in [7, 11) is -3.23. The van der Waals surface area contributed by atoms with Crippen LogP contribution in [0.4, 0.5) is 11.4 Å². The molecule has 2 aliphatic heterocycles. The molecule has 2 aliphatic rings. The Bertz CT molecular complexity index is 1490. The largest absolute Gasteiger partial charge is 0.399 e. The molecule has 0 bridgehead atoms. The summed E-state index contributed by atoms with van der Waals surface area (Å²) in [6.07, 6.45) is 2.28. The van der Waals surface area contributed by atoms with Gasteiger partial charge in [-0.25, -0.2) is 12.7 Å². The first-order chi connectivity index (χ1) is 19.1. The molecule has 0 saturated carbocycles. The van der Waals surface area contributed by atoms with Crippen LogP contribution >= 0.6 is 23.2 Å². The van der Waals surface area contributed by atoms with Crippen LogP contribution in [0.1, 0.15) is 36.9 Å². The first-order valence-corrected chi connectivity index (χ1v) is 16.0. The van der Waals surface area contributed by atoms with Crippen molar-refractivity contribution >= 4 is 50.5 Å². The molecule has 7 nitrogen and oxygen atoms in total. The number of halogens is 2. The molecule has 5 rings (SSSR count). The van der Waals surface area contributed by atoms with E-state index in [4.69, 9.17) is 28.9 Å². The number of anilines is 2. The predicted octanol–water partition coefficient (Wildman–Crippen LogP) is 5.84. The number of sulfonamides is 1. The number of carbonyl (C=O) groups excluding carboxylic acids is 1. The molecule has 3 aromatic carbocycles. The normalized spacial score (nSPS) is 18.8. The quantitative estimate of drug-likeness (QED) is 0.332. The first-order valence-electron chi connectivity index (χ1n) is 13.6. The highest BCUT2D eigenvalue weighted by atomic mass is 35.5. The molecule has 212 valence electrons. The zero-order valence-corrected chi connectivity index (χ0v) is 24.8. The fourth-order valence-electron chi connectivity index (χ4n) is 6.00. The second-order valence-corrected chi connectivity index (χ2v) is 13.7. The van der Waals surface area contributed by atoms with Gasteiger partial charge in [0, 0.05) is 47.1 Å². The fourth-order valence-corrected chi connectivity index (χ4v) is 7.66. The molecule has 40 heavy (non-hydrogen) atoms. The molecule has 0 aromatic heterocycles. The fraction of sp³-hybridized carbons (Fsp3) is 0.367. The highest BCUT2D eigenvalue weighted by Crippen LogP contribution is 2.41. The summed E-state index contributed by atoms with van der Waals surface area (Å²) in [5, 5.41) is 3.85. The van der Waals surface area contributed by atoms with Gasteiger partial charge in [0.1, 0.15) is 0 Å². The number of carbonyl (C=O) groups is 1. The summed E-state index contributed by atoms with van der Waals surface area (Å²) in [4.78, 5) is 15.4. The van der Waals surface area contributed by atoms with Gasteiger partial charge >= 0.3 is 0 Å². The maximum Gasteiger partial charge on any atom is 0.238 e. The summed E-state index contributed by atoms with van der Waals surface area (Å²) in [6.45, 7) is 3.60. The van der Waals surface area contributed by atoms with Crippen LogP contribution in [0.3, 0.4) is 0 Å². The van der Waals surface area contributed by atoms with Crippen LogP contribution in [0.15, 0.2) is 60.7 Å². The summed E-state index contributed by atoms with van der Waals surface area (Å²) in [5.74, 6) is 0.180. The van der Waals surface area contributed by atoms with Crippen molar-refractivity contribution in [1.82, 2.24) is 9.21 Å². The van der Waals surface area contributed by atoms with Gasteiger partial charge in [-0.2, -0.15) is 0 Å². The topological polar surface area (TPSA) is 95.7 Å². The van der Waals surface area contributed by atoms with Gasteiger partial charge in [-0.1, -0.05) is 53.5 Å². The Kier molecular flexibility index (Phi) is 8.73. The molecule has 3 aromatic rings. The van der Waals surface area contributed by atoms with E-state index in [0.29, 0.717) is 28.8 Å². The van der Waals surface area contributed by atoms with Crippen LogP contribution in [-0.4, -0.2) is 55.5 Å². The van der Waals surface area contributed by atoms with Crippen LogP contribution in [-0.2, 0) is 21.2 Å². The third-order valence-corrected chi connectivity index (χ3v) is 10.3. The van der Waals surface area contributed by atoms with Gasteiger partial charge < -0.3 is 11.1 Å². The van der Waals surface area contributed by atoms with E-state index in [1.165, 1.54) is 11.1 Å². The Morgan fingerprint density at radius 3 is 2.35 bits per heavy atom. The van der Waals surface area contributed by atoms with E-state index in [2.05, 4.69) is 34.5 Å². The van der Waals surface area contributed by atoms with Crippen LogP contribution in [0, 0.1) is 5.92 Å². The molecule has 1 unspecified atom stereocenters. The minimum absolute atomic E-state index is 0.00109. The van der Waals surface area contributed by atoms with Crippen molar-refractivity contribution in [3.63, 3.8) is 0 Å². The number of nitrogens with two attached hydrogens (primary N) is 1. The molecule has 1 fully saturated rings. The third kappa shape index (κ3) is 6.47. The average Bonchev–Trinajstić information content (AvgIpc) is 2.92. The molecular formula is C30H34Cl2N4O3S. The van der Waals surface area contributed by atoms with Gasteiger partial charge in [0.15, 0.2) is 0 Å². The molecule has 1 atom stereocenters. The Morgan fingerprint density at radius 2 is 1.68 bits per heavy atom. The Labute approximate surface area is 246 Å². The Hall–Kier alpha value is -2.62. The number of fused-ring (bicyclic) bond motifs is 1. The van der Waals surface area contributed by atoms with Gasteiger partial charge in [-0.05, 0) is 84.7 Å². The molecular weight excluding hydrogens is 567 g/mol. The number of piperidine rings is 1. The van der Waals surface area contributed by atoms with Gasteiger partial charge in [0.25, 0.3) is 0 Å². The van der Waals surface area contributed by atoms with Gasteiger partial charge in [0.2, 0.25) is 15.9 Å². The zero-order chi connectivity index (χ0) is 28.4. The van der Waals surface area contributed by atoms with Crippen molar-refractivity contribution in [2.45, 2.75) is 32.2 Å². The molecule has 10 heteroatoms. The van der Waals surface area contributed by atoms with E-state index < -0.39 is 10.0 Å². The lowest BCUT2D eigenvalue weighted by Gasteiger charge is -2.44. The predicted molar refractivity (Wildman–Crippen MR) is 163 cm³/mol. The van der Waals surface area contributed by atoms with Crippen molar-refractivity contribution < 1.29 is 13.2 Å². The number of amides is 1. The second kappa shape index (κ2) is 12.1. The van der Waals surface area contributed by atoms with Gasteiger partial charge in [-0.3, -0.25) is 9.69 Å². The van der Waals surface area contributed by atoms with Gasteiger partial charge in [-0.15, -0.1) is 0 Å². The number of nitrogens with zero attached hydrogens (tertiary/aromatic N) is 2. The van der Waals surface area contributed by atoms with Crippen molar-refractivity contribution in [1.29, 1.82) is 0 Å². The highest BCUT2D eigenvalue weighted by Gasteiger charge is 2.38. The first kappa shape index (κ1) is 28.9. The standard InChI is InChI=1S/C30H34Cl2N4O3S/c1-2-40(38,39)36-12-9-20(10-13-36)30-28-7-6-22(21-4-3-5-26(33)15-21)14-23(28)8-11-35(30)19-29(37)34-27-17-24(31)16-25(32)18-27/h3-7,14-18,20,30H,2,8-13,19,33H2,1H3,(H,34,37). The molecule has 2 heterocycles. The Morgan fingerprint density at radius 1 is 0.975 bits per heavy atom. The van der Waals surface area contributed by atoms with Gasteiger partial charge in [0.05, 0.1) is 12.3 Å². The SMILES string of the molecule is CCS(=O)(=O)N1CCC(C2c3ccc(-c4cccc(N)c4)cc3CCN2CC(=O)Nc2cc(Cl)cc(Cl)c2)CC1. The average molecular weight is 602 g/mol. The number of nitrogens with one attached hydrogen (secondary N) is 1. The molecule has 1 saturated heterocycles. The molecule has 0 radical (unpaired) electrons. The Balaban J connectivity index is 1.41. The van der Waals surface area contributed by atoms with E-state index in [9.17, 15) is 13.2 Å². The van der Waals surface area contributed by atoms with E-state index in [1.807, 2.05) is 18.2 Å². The summed E-state index contributed by atoms with van der Waals surface area (Å²) < 4.78 is 26.6. The third-order valence-electron chi connectivity index (χ3n) is 7.94. The van der Waals surface area contributed by atoms with Crippen molar-refractivity contribution in [2.75, 3.05) is 43.0 Å². The minimum Gasteiger partial charge on any atom is -0.399 e. The lowest BCUT2D eigenvalue weighted by molar-refractivity contribution is -0.118. The molecule has 3 N–H and O–H groups in total. The minimum atomic E-state index is -3.23. The number of nitrogen functional groups attached to an aromatic ring is 1. The number of rotatable bonds is 7. The maximum absolute atomic E-state index is 13.2. The highest BCUT2D eigenvalue weighted by molar-refractivity contribution is 7.89. The molecule has 0 aliphatic carbocycles. The summed E-state index contributed by atoms with van der Waals surface area (Å²) in [5.41, 5.74) is 12.0. The van der Waals surface area contributed by atoms with E-state index >= 15 is 0 Å².